The summed E-state index contributed by atoms with van der Waals surface area (Å²) < 4.78 is 41.5. The van der Waals surface area contributed by atoms with Crippen LogP contribution >= 0.6 is 0 Å². The minimum absolute atomic E-state index is 0.0277. The average Bonchev–Trinajstić information content (AvgIpc) is 2.76. The Morgan fingerprint density at radius 1 is 1.18 bits per heavy atom. The van der Waals surface area contributed by atoms with E-state index in [0.717, 1.165) is 12.1 Å². The van der Waals surface area contributed by atoms with Crippen molar-refractivity contribution in [2.45, 2.75) is 6.18 Å². The van der Waals surface area contributed by atoms with E-state index in [4.69, 9.17) is 0 Å². The molecule has 0 saturated heterocycles. The highest BCUT2D eigenvalue weighted by molar-refractivity contribution is 5.73. The molecule has 1 aromatic carbocycles. The van der Waals surface area contributed by atoms with Crippen molar-refractivity contribution in [2.24, 2.45) is 0 Å². The third kappa shape index (κ3) is 2.35. The first-order valence-corrected chi connectivity index (χ1v) is 4.60. The molecule has 0 unspecified atom stereocenters. The molecule has 6 heteroatoms. The topological polar surface area (TPSA) is 43.1 Å². The van der Waals surface area contributed by atoms with Crippen molar-refractivity contribution in [3.8, 4) is 11.3 Å². The third-order valence-electron chi connectivity index (χ3n) is 2.15. The summed E-state index contributed by atoms with van der Waals surface area (Å²) in [5, 5.41) is 3.56. The van der Waals surface area contributed by atoms with Gasteiger partial charge in [-0.25, -0.2) is 0 Å². The van der Waals surface area contributed by atoms with Crippen molar-refractivity contribution < 1.29 is 22.5 Å². The Hall–Kier alpha value is -2.11. The Kier molecular flexibility index (Phi) is 2.71. The standard InChI is InChI=1S/C11H6F3NO2/c12-11(13,14)8-3-1-7(2-4-8)10-5-9(6-16)17-15-10/h1-6H. The summed E-state index contributed by atoms with van der Waals surface area (Å²) in [5.74, 6) is 0.0277. The van der Waals surface area contributed by atoms with Crippen LogP contribution < -0.4 is 0 Å². The molecule has 0 radical (unpaired) electrons. The fraction of sp³-hybridized carbons (Fsp3) is 0.0909. The summed E-state index contributed by atoms with van der Waals surface area (Å²) in [6.45, 7) is 0. The van der Waals surface area contributed by atoms with E-state index in [1.165, 1.54) is 18.2 Å². The van der Waals surface area contributed by atoms with Gasteiger partial charge in [0.15, 0.2) is 12.0 Å². The zero-order valence-corrected chi connectivity index (χ0v) is 8.36. The van der Waals surface area contributed by atoms with Gasteiger partial charge in [0.2, 0.25) is 0 Å². The molecule has 0 spiro atoms. The number of carbonyl (C=O) groups is 1. The summed E-state index contributed by atoms with van der Waals surface area (Å²) in [7, 11) is 0. The molecule has 0 aliphatic carbocycles. The van der Waals surface area contributed by atoms with E-state index in [0.29, 0.717) is 17.5 Å². The van der Waals surface area contributed by atoms with Crippen LogP contribution in [0.3, 0.4) is 0 Å². The molecule has 3 nitrogen and oxygen atoms in total. The van der Waals surface area contributed by atoms with Crippen LogP contribution in [0, 0.1) is 0 Å². The number of rotatable bonds is 2. The van der Waals surface area contributed by atoms with E-state index in [1.54, 1.807) is 0 Å². The van der Waals surface area contributed by atoms with E-state index in [1.807, 2.05) is 0 Å². The van der Waals surface area contributed by atoms with E-state index >= 15 is 0 Å². The number of hydrogen-bond acceptors (Lipinski definition) is 3. The summed E-state index contributed by atoms with van der Waals surface area (Å²) in [4.78, 5) is 10.4. The van der Waals surface area contributed by atoms with E-state index in [2.05, 4.69) is 9.68 Å². The number of aromatic nitrogens is 1. The third-order valence-corrected chi connectivity index (χ3v) is 2.15. The monoisotopic (exact) mass is 241 g/mol. The molecule has 0 aliphatic heterocycles. The van der Waals surface area contributed by atoms with Crippen LogP contribution in [-0.4, -0.2) is 11.4 Å². The second kappa shape index (κ2) is 4.04. The number of benzene rings is 1. The number of halogens is 3. The van der Waals surface area contributed by atoms with E-state index in [-0.39, 0.29) is 5.76 Å². The Morgan fingerprint density at radius 2 is 1.82 bits per heavy atom. The first kappa shape index (κ1) is 11.4. The molecule has 1 heterocycles. The van der Waals surface area contributed by atoms with Crippen LogP contribution in [0.4, 0.5) is 13.2 Å². The van der Waals surface area contributed by atoms with Gasteiger partial charge >= 0.3 is 6.18 Å². The second-order valence-corrected chi connectivity index (χ2v) is 3.31. The lowest BCUT2D eigenvalue weighted by atomic mass is 10.1. The van der Waals surface area contributed by atoms with Crippen molar-refractivity contribution >= 4 is 6.29 Å². The minimum Gasteiger partial charge on any atom is -0.353 e. The van der Waals surface area contributed by atoms with Crippen molar-refractivity contribution in [3.05, 3.63) is 41.7 Å². The maximum atomic E-state index is 12.3. The number of alkyl halides is 3. The lowest BCUT2D eigenvalue weighted by molar-refractivity contribution is -0.137. The number of nitrogens with zero attached hydrogens (tertiary/aromatic N) is 1. The molecule has 0 N–H and O–H groups in total. The molecular weight excluding hydrogens is 235 g/mol. The molecule has 0 fully saturated rings. The first-order valence-electron chi connectivity index (χ1n) is 4.60. The van der Waals surface area contributed by atoms with Gasteiger partial charge in [0.25, 0.3) is 0 Å². The van der Waals surface area contributed by atoms with Crippen LogP contribution in [-0.2, 0) is 6.18 Å². The summed E-state index contributed by atoms with van der Waals surface area (Å²) in [6, 6.07) is 5.80. The minimum atomic E-state index is -4.36. The Labute approximate surface area is 93.8 Å². The summed E-state index contributed by atoms with van der Waals surface area (Å²) >= 11 is 0. The molecule has 2 aromatic rings. The lowest BCUT2D eigenvalue weighted by Crippen LogP contribution is -2.03. The van der Waals surface area contributed by atoms with Gasteiger partial charge in [0.05, 0.1) is 5.56 Å². The van der Waals surface area contributed by atoms with Gasteiger partial charge in [-0.3, -0.25) is 4.79 Å². The molecule has 0 saturated carbocycles. The van der Waals surface area contributed by atoms with Crippen molar-refractivity contribution in [3.63, 3.8) is 0 Å². The highest BCUT2D eigenvalue weighted by Gasteiger charge is 2.30. The zero-order valence-electron chi connectivity index (χ0n) is 8.36. The highest BCUT2D eigenvalue weighted by atomic mass is 19.4. The average molecular weight is 241 g/mol. The van der Waals surface area contributed by atoms with Crippen molar-refractivity contribution in [2.75, 3.05) is 0 Å². The quantitative estimate of drug-likeness (QED) is 0.758. The molecule has 0 bridgehead atoms. The molecule has 0 amide bonds. The molecule has 2 rings (SSSR count). The number of aldehydes is 1. The molecule has 1 aromatic heterocycles. The van der Waals surface area contributed by atoms with Gasteiger partial charge in [-0.15, -0.1) is 0 Å². The number of carbonyl (C=O) groups excluding carboxylic acids is 1. The van der Waals surface area contributed by atoms with Crippen LogP contribution in [0.25, 0.3) is 11.3 Å². The maximum absolute atomic E-state index is 12.3. The van der Waals surface area contributed by atoms with E-state index < -0.39 is 11.7 Å². The number of hydrogen-bond donors (Lipinski definition) is 0. The predicted molar refractivity (Wildman–Crippen MR) is 52.3 cm³/mol. The fourth-order valence-electron chi connectivity index (χ4n) is 1.31. The zero-order chi connectivity index (χ0) is 12.5. The maximum Gasteiger partial charge on any atom is 0.416 e. The highest BCUT2D eigenvalue weighted by Crippen LogP contribution is 2.30. The summed E-state index contributed by atoms with van der Waals surface area (Å²) in [5.41, 5.74) is 0.0380. The second-order valence-electron chi connectivity index (χ2n) is 3.31. The molecular formula is C11H6F3NO2. The van der Waals surface area contributed by atoms with Crippen LogP contribution in [0.1, 0.15) is 16.1 Å². The van der Waals surface area contributed by atoms with Crippen molar-refractivity contribution in [1.82, 2.24) is 5.16 Å². The normalized spacial score (nSPS) is 11.5. The largest absolute Gasteiger partial charge is 0.416 e. The lowest BCUT2D eigenvalue weighted by Gasteiger charge is -2.06. The summed E-state index contributed by atoms with van der Waals surface area (Å²) in [6.07, 6.45) is -3.89. The molecule has 88 valence electrons. The van der Waals surface area contributed by atoms with Gasteiger partial charge in [0, 0.05) is 11.6 Å². The first-order chi connectivity index (χ1) is 8.00. The van der Waals surface area contributed by atoms with Crippen LogP contribution in [0.2, 0.25) is 0 Å². The van der Waals surface area contributed by atoms with Gasteiger partial charge in [-0.2, -0.15) is 13.2 Å². The SMILES string of the molecule is O=Cc1cc(-c2ccc(C(F)(F)F)cc2)no1. The van der Waals surface area contributed by atoms with Crippen LogP contribution in [0.5, 0.6) is 0 Å². The van der Waals surface area contributed by atoms with Gasteiger partial charge in [-0.1, -0.05) is 17.3 Å². The molecule has 0 aliphatic rings. The van der Waals surface area contributed by atoms with Crippen LogP contribution in [0.15, 0.2) is 34.9 Å². The van der Waals surface area contributed by atoms with Crippen molar-refractivity contribution in [1.29, 1.82) is 0 Å². The van der Waals surface area contributed by atoms with Gasteiger partial charge < -0.3 is 4.52 Å². The fourth-order valence-corrected chi connectivity index (χ4v) is 1.31. The van der Waals surface area contributed by atoms with Gasteiger partial charge in [0.1, 0.15) is 5.69 Å². The predicted octanol–water partition coefficient (Wildman–Crippen LogP) is 3.17. The Balaban J connectivity index is 2.32. The Bertz CT molecular complexity index is 528. The van der Waals surface area contributed by atoms with Gasteiger partial charge in [-0.05, 0) is 12.1 Å². The van der Waals surface area contributed by atoms with E-state index in [9.17, 15) is 18.0 Å². The molecule has 17 heavy (non-hydrogen) atoms. The smallest absolute Gasteiger partial charge is 0.353 e. The Morgan fingerprint density at radius 3 is 2.29 bits per heavy atom. The molecule has 0 atom stereocenters.